The van der Waals surface area contributed by atoms with Gasteiger partial charge in [0.2, 0.25) is 5.91 Å². The summed E-state index contributed by atoms with van der Waals surface area (Å²) in [6.45, 7) is 6.53. The van der Waals surface area contributed by atoms with E-state index in [0.29, 0.717) is 10.9 Å². The van der Waals surface area contributed by atoms with Gasteiger partial charge in [-0.25, -0.2) is 9.97 Å². The second-order valence-electron chi connectivity index (χ2n) is 4.39. The van der Waals surface area contributed by atoms with Gasteiger partial charge in [0.15, 0.2) is 5.16 Å². The standard InChI is InChI=1S/C12H20N4OS/c1-4-6-15-12(3,10(13)17)8-18-11-14-7-5-9(2)16-11/h5,7,15H,4,6,8H2,1-3H3,(H2,13,17). The highest BCUT2D eigenvalue weighted by Gasteiger charge is 2.30. The molecule has 0 spiro atoms. The average molecular weight is 268 g/mol. The molecule has 0 aliphatic heterocycles. The fourth-order valence-electron chi connectivity index (χ4n) is 1.31. The van der Waals surface area contributed by atoms with Crippen LogP contribution in [0.1, 0.15) is 26.0 Å². The van der Waals surface area contributed by atoms with Gasteiger partial charge in [-0.15, -0.1) is 0 Å². The first-order valence-electron chi connectivity index (χ1n) is 5.95. The molecule has 0 aliphatic carbocycles. The van der Waals surface area contributed by atoms with Crippen molar-refractivity contribution in [3.63, 3.8) is 0 Å². The minimum absolute atomic E-state index is 0.351. The molecule has 100 valence electrons. The van der Waals surface area contributed by atoms with Gasteiger partial charge in [-0.2, -0.15) is 0 Å². The van der Waals surface area contributed by atoms with Gasteiger partial charge in [0.1, 0.15) is 5.54 Å². The summed E-state index contributed by atoms with van der Waals surface area (Å²) in [6, 6.07) is 1.84. The molecule has 0 aromatic carbocycles. The SMILES string of the molecule is CCCNC(C)(CSc1nccc(C)n1)C(N)=O. The van der Waals surface area contributed by atoms with Crippen molar-refractivity contribution in [3.8, 4) is 0 Å². The van der Waals surface area contributed by atoms with E-state index in [1.807, 2.05) is 26.8 Å². The van der Waals surface area contributed by atoms with Crippen molar-refractivity contribution < 1.29 is 4.79 Å². The molecule has 1 unspecified atom stereocenters. The van der Waals surface area contributed by atoms with Crippen LogP contribution in [0.5, 0.6) is 0 Å². The number of thioether (sulfide) groups is 1. The highest BCUT2D eigenvalue weighted by molar-refractivity contribution is 7.99. The van der Waals surface area contributed by atoms with Crippen LogP contribution in [-0.4, -0.2) is 33.7 Å². The van der Waals surface area contributed by atoms with Crippen LogP contribution in [0.15, 0.2) is 17.4 Å². The first kappa shape index (κ1) is 14.9. The normalized spacial score (nSPS) is 14.2. The second kappa shape index (κ2) is 6.70. The summed E-state index contributed by atoms with van der Waals surface area (Å²) in [4.78, 5) is 20.0. The molecule has 1 rings (SSSR count). The van der Waals surface area contributed by atoms with Gasteiger partial charge in [-0.1, -0.05) is 18.7 Å². The van der Waals surface area contributed by atoms with Crippen LogP contribution >= 0.6 is 11.8 Å². The number of rotatable bonds is 7. The van der Waals surface area contributed by atoms with Gasteiger partial charge in [0, 0.05) is 17.6 Å². The van der Waals surface area contributed by atoms with Crippen molar-refractivity contribution in [3.05, 3.63) is 18.0 Å². The number of nitrogens with one attached hydrogen (secondary N) is 1. The summed E-state index contributed by atoms with van der Waals surface area (Å²) < 4.78 is 0. The number of nitrogens with zero attached hydrogens (tertiary/aromatic N) is 2. The highest BCUT2D eigenvalue weighted by Crippen LogP contribution is 2.19. The molecule has 3 N–H and O–H groups in total. The molecule has 0 radical (unpaired) electrons. The first-order chi connectivity index (χ1) is 8.48. The Morgan fingerprint density at radius 3 is 2.89 bits per heavy atom. The molecule has 1 aromatic heterocycles. The Morgan fingerprint density at radius 1 is 1.61 bits per heavy atom. The summed E-state index contributed by atoms with van der Waals surface area (Å²) in [7, 11) is 0. The van der Waals surface area contributed by atoms with Crippen molar-refractivity contribution in [1.82, 2.24) is 15.3 Å². The number of nitrogens with two attached hydrogens (primary N) is 1. The Balaban J connectivity index is 2.65. The minimum Gasteiger partial charge on any atom is -0.368 e. The summed E-state index contributed by atoms with van der Waals surface area (Å²) in [5.74, 6) is 0.169. The lowest BCUT2D eigenvalue weighted by Crippen LogP contribution is -2.55. The number of aromatic nitrogens is 2. The van der Waals surface area contributed by atoms with Gasteiger partial charge in [0.05, 0.1) is 0 Å². The smallest absolute Gasteiger partial charge is 0.238 e. The van der Waals surface area contributed by atoms with E-state index in [4.69, 9.17) is 5.73 Å². The molecule has 1 atom stereocenters. The molecule has 5 nitrogen and oxygen atoms in total. The Kier molecular flexibility index (Phi) is 5.55. The maximum Gasteiger partial charge on any atom is 0.238 e. The van der Waals surface area contributed by atoms with Gasteiger partial charge in [-0.05, 0) is 32.9 Å². The largest absolute Gasteiger partial charge is 0.368 e. The van der Waals surface area contributed by atoms with Gasteiger partial charge >= 0.3 is 0 Å². The molecule has 0 fully saturated rings. The van der Waals surface area contributed by atoms with E-state index in [2.05, 4.69) is 15.3 Å². The molecule has 0 saturated heterocycles. The van der Waals surface area contributed by atoms with E-state index < -0.39 is 5.54 Å². The summed E-state index contributed by atoms with van der Waals surface area (Å²) in [5, 5.41) is 3.85. The third-order valence-corrected chi connectivity index (χ3v) is 3.75. The first-order valence-corrected chi connectivity index (χ1v) is 6.94. The van der Waals surface area contributed by atoms with E-state index in [1.54, 1.807) is 6.20 Å². The molecular formula is C12H20N4OS. The molecule has 1 amide bonds. The lowest BCUT2D eigenvalue weighted by Gasteiger charge is -2.26. The number of carbonyl (C=O) groups is 1. The van der Waals surface area contributed by atoms with Crippen molar-refractivity contribution in [2.24, 2.45) is 5.73 Å². The van der Waals surface area contributed by atoms with Crippen molar-refractivity contribution in [2.45, 2.75) is 37.9 Å². The predicted octanol–water partition coefficient (Wildman–Crippen LogP) is 1.12. The predicted molar refractivity (Wildman–Crippen MR) is 73.4 cm³/mol. The van der Waals surface area contributed by atoms with Crippen LogP contribution in [0.25, 0.3) is 0 Å². The fourth-order valence-corrected chi connectivity index (χ4v) is 2.32. The molecular weight excluding hydrogens is 248 g/mol. The van der Waals surface area contributed by atoms with E-state index >= 15 is 0 Å². The van der Waals surface area contributed by atoms with Gasteiger partial charge < -0.3 is 11.1 Å². The number of aryl methyl sites for hydroxylation is 1. The third-order valence-electron chi connectivity index (χ3n) is 2.57. The third kappa shape index (κ3) is 4.27. The molecule has 0 aliphatic rings. The van der Waals surface area contributed by atoms with E-state index in [9.17, 15) is 4.79 Å². The molecule has 6 heteroatoms. The molecule has 0 saturated carbocycles. The lowest BCUT2D eigenvalue weighted by atomic mass is 10.1. The number of amides is 1. The Morgan fingerprint density at radius 2 is 2.33 bits per heavy atom. The maximum atomic E-state index is 11.5. The van der Waals surface area contributed by atoms with E-state index in [0.717, 1.165) is 18.7 Å². The fraction of sp³-hybridized carbons (Fsp3) is 0.583. The zero-order chi connectivity index (χ0) is 13.6. The van der Waals surface area contributed by atoms with Crippen LogP contribution in [0, 0.1) is 6.92 Å². The Labute approximate surface area is 112 Å². The van der Waals surface area contributed by atoms with Crippen LogP contribution in [0.4, 0.5) is 0 Å². The molecule has 1 aromatic rings. The summed E-state index contributed by atoms with van der Waals surface area (Å²) >= 11 is 1.43. The monoisotopic (exact) mass is 268 g/mol. The summed E-state index contributed by atoms with van der Waals surface area (Å²) in [5.41, 5.74) is 5.63. The van der Waals surface area contributed by atoms with Crippen molar-refractivity contribution in [2.75, 3.05) is 12.3 Å². The number of hydrogen-bond acceptors (Lipinski definition) is 5. The van der Waals surface area contributed by atoms with Gasteiger partial charge in [0.25, 0.3) is 0 Å². The number of primary amides is 1. The highest BCUT2D eigenvalue weighted by atomic mass is 32.2. The molecule has 18 heavy (non-hydrogen) atoms. The van der Waals surface area contributed by atoms with E-state index in [-0.39, 0.29) is 5.91 Å². The second-order valence-corrected chi connectivity index (χ2v) is 5.33. The zero-order valence-corrected chi connectivity index (χ0v) is 11.9. The van der Waals surface area contributed by atoms with Crippen LogP contribution in [-0.2, 0) is 4.79 Å². The van der Waals surface area contributed by atoms with E-state index in [1.165, 1.54) is 11.8 Å². The van der Waals surface area contributed by atoms with Crippen molar-refractivity contribution >= 4 is 17.7 Å². The van der Waals surface area contributed by atoms with Crippen LogP contribution < -0.4 is 11.1 Å². The van der Waals surface area contributed by atoms with Gasteiger partial charge in [-0.3, -0.25) is 4.79 Å². The quantitative estimate of drug-likeness (QED) is 0.572. The lowest BCUT2D eigenvalue weighted by molar-refractivity contribution is -0.122. The number of hydrogen-bond donors (Lipinski definition) is 2. The minimum atomic E-state index is -0.728. The molecule has 1 heterocycles. The molecule has 0 bridgehead atoms. The number of carbonyl (C=O) groups excluding carboxylic acids is 1. The Bertz CT molecular complexity index is 413. The van der Waals surface area contributed by atoms with Crippen LogP contribution in [0.2, 0.25) is 0 Å². The Hall–Kier alpha value is -1.14. The average Bonchev–Trinajstić information content (AvgIpc) is 2.34. The maximum absolute atomic E-state index is 11.5. The topological polar surface area (TPSA) is 80.9 Å². The zero-order valence-electron chi connectivity index (χ0n) is 11.1. The van der Waals surface area contributed by atoms with Crippen molar-refractivity contribution in [1.29, 1.82) is 0 Å². The van der Waals surface area contributed by atoms with Crippen LogP contribution in [0.3, 0.4) is 0 Å². The summed E-state index contributed by atoms with van der Waals surface area (Å²) in [6.07, 6.45) is 2.67.